The highest BCUT2D eigenvalue weighted by atomic mass is 35.5. The maximum atomic E-state index is 13.5. The number of halogens is 2. The molecule has 22 heavy (non-hydrogen) atoms. The minimum absolute atomic E-state index is 0.361. The van der Waals surface area contributed by atoms with Crippen molar-refractivity contribution in [3.63, 3.8) is 0 Å². The lowest BCUT2D eigenvalue weighted by atomic mass is 10.2. The van der Waals surface area contributed by atoms with E-state index in [0.717, 1.165) is 10.4 Å². The van der Waals surface area contributed by atoms with Gasteiger partial charge in [-0.05, 0) is 24.3 Å². The van der Waals surface area contributed by atoms with Crippen LogP contribution in [0.5, 0.6) is 0 Å². The van der Waals surface area contributed by atoms with E-state index in [0.29, 0.717) is 11.8 Å². The number of rotatable bonds is 4. The molecule has 0 atom stereocenters. The van der Waals surface area contributed by atoms with Gasteiger partial charge in [-0.25, -0.2) is 17.6 Å². The molecule has 0 radical (unpaired) electrons. The number of sulfonamides is 1. The molecular weight excluding hydrogens is 333 g/mol. The first-order valence-corrected chi connectivity index (χ1v) is 7.83. The number of carbonyl (C=O) groups is 1. The Labute approximate surface area is 131 Å². The first-order valence-electron chi connectivity index (χ1n) is 6.01. The highest BCUT2D eigenvalue weighted by molar-refractivity contribution is 7.93. The zero-order valence-corrected chi connectivity index (χ0v) is 12.9. The second kappa shape index (κ2) is 5.94. The number of para-hydroxylation sites is 1. The Morgan fingerprint density at radius 3 is 2.36 bits per heavy atom. The van der Waals surface area contributed by atoms with Crippen LogP contribution in [0, 0.1) is 5.82 Å². The van der Waals surface area contributed by atoms with Gasteiger partial charge < -0.3 is 5.11 Å². The van der Waals surface area contributed by atoms with Crippen molar-refractivity contribution in [3.8, 4) is 0 Å². The average molecular weight is 344 g/mol. The Kier molecular flexibility index (Phi) is 4.39. The monoisotopic (exact) mass is 343 g/mol. The van der Waals surface area contributed by atoms with Gasteiger partial charge in [0.05, 0.1) is 16.3 Å². The summed E-state index contributed by atoms with van der Waals surface area (Å²) in [7, 11) is -2.83. The van der Waals surface area contributed by atoms with Crippen LogP contribution in [0.2, 0.25) is 5.02 Å². The van der Waals surface area contributed by atoms with Crippen molar-refractivity contribution in [2.24, 2.45) is 0 Å². The Morgan fingerprint density at radius 2 is 1.82 bits per heavy atom. The van der Waals surface area contributed by atoms with Crippen molar-refractivity contribution in [2.75, 3.05) is 11.4 Å². The minimum Gasteiger partial charge on any atom is -0.478 e. The Balaban J connectivity index is 2.59. The molecule has 1 N–H and O–H groups in total. The first-order chi connectivity index (χ1) is 10.2. The van der Waals surface area contributed by atoms with Crippen molar-refractivity contribution in [1.29, 1.82) is 0 Å². The molecule has 0 aliphatic carbocycles. The van der Waals surface area contributed by atoms with Crippen molar-refractivity contribution >= 4 is 33.3 Å². The topological polar surface area (TPSA) is 74.7 Å². The largest absolute Gasteiger partial charge is 0.478 e. The molecule has 2 aromatic carbocycles. The van der Waals surface area contributed by atoms with E-state index in [9.17, 15) is 17.6 Å². The van der Waals surface area contributed by atoms with E-state index in [1.165, 1.54) is 7.05 Å². The molecule has 0 saturated heterocycles. The van der Waals surface area contributed by atoms with Gasteiger partial charge in [0.2, 0.25) is 0 Å². The van der Waals surface area contributed by atoms with Crippen LogP contribution in [0.4, 0.5) is 10.1 Å². The van der Waals surface area contributed by atoms with E-state index in [1.54, 1.807) is 30.3 Å². The van der Waals surface area contributed by atoms with Crippen molar-refractivity contribution in [2.45, 2.75) is 4.90 Å². The van der Waals surface area contributed by atoms with Crippen LogP contribution in [0.15, 0.2) is 47.4 Å². The summed E-state index contributed by atoms with van der Waals surface area (Å²) in [5.41, 5.74) is -0.399. The molecule has 0 aromatic heterocycles. The van der Waals surface area contributed by atoms with E-state index >= 15 is 0 Å². The highest BCUT2D eigenvalue weighted by Crippen LogP contribution is 2.29. The fourth-order valence-corrected chi connectivity index (χ4v) is 3.52. The quantitative estimate of drug-likeness (QED) is 0.926. The fourth-order valence-electron chi connectivity index (χ4n) is 1.81. The number of anilines is 1. The molecule has 0 unspecified atom stereocenters. The Bertz CT molecular complexity index is 824. The number of hydrogen-bond donors (Lipinski definition) is 1. The van der Waals surface area contributed by atoms with Crippen molar-refractivity contribution in [1.82, 2.24) is 0 Å². The van der Waals surface area contributed by atoms with Crippen LogP contribution in [0.25, 0.3) is 0 Å². The van der Waals surface area contributed by atoms with E-state index in [4.69, 9.17) is 16.7 Å². The third-order valence-electron chi connectivity index (χ3n) is 3.01. The summed E-state index contributed by atoms with van der Waals surface area (Å²) in [6.07, 6.45) is 0. The number of carboxylic acid groups (broad SMARTS) is 1. The fraction of sp³-hybridized carbons (Fsp3) is 0.0714. The lowest BCUT2D eigenvalue weighted by Crippen LogP contribution is -2.27. The van der Waals surface area contributed by atoms with Crippen LogP contribution in [-0.2, 0) is 10.0 Å². The molecule has 2 rings (SSSR count). The molecule has 0 saturated carbocycles. The van der Waals surface area contributed by atoms with Crippen molar-refractivity contribution in [3.05, 3.63) is 58.9 Å². The van der Waals surface area contributed by atoms with Crippen LogP contribution < -0.4 is 4.31 Å². The molecule has 0 aliphatic heterocycles. The normalized spacial score (nSPS) is 11.2. The highest BCUT2D eigenvalue weighted by Gasteiger charge is 2.27. The van der Waals surface area contributed by atoms with E-state index in [1.807, 2.05) is 0 Å². The molecule has 2 aromatic rings. The Hall–Kier alpha value is -2.12. The number of hydrogen-bond acceptors (Lipinski definition) is 3. The summed E-state index contributed by atoms with van der Waals surface area (Å²) in [5, 5.41) is 8.53. The van der Waals surface area contributed by atoms with Gasteiger partial charge >= 0.3 is 5.97 Å². The molecule has 5 nitrogen and oxygen atoms in total. The zero-order chi connectivity index (χ0) is 16.5. The molecule has 0 fully saturated rings. The van der Waals surface area contributed by atoms with Crippen LogP contribution in [-0.4, -0.2) is 26.5 Å². The zero-order valence-electron chi connectivity index (χ0n) is 11.3. The average Bonchev–Trinajstić information content (AvgIpc) is 2.46. The minimum atomic E-state index is -4.12. The number of aromatic carboxylic acids is 1. The van der Waals surface area contributed by atoms with Gasteiger partial charge in [0, 0.05) is 7.05 Å². The second-order valence-corrected chi connectivity index (χ2v) is 6.72. The SMILES string of the molecule is CN(c1ccccc1)S(=O)(=O)c1cc(C(=O)O)c(F)cc1Cl. The number of carboxylic acids is 1. The maximum Gasteiger partial charge on any atom is 0.338 e. The summed E-state index contributed by atoms with van der Waals surface area (Å²) < 4.78 is 39.6. The van der Waals surface area contributed by atoms with Gasteiger partial charge in [0.25, 0.3) is 10.0 Å². The molecular formula is C14H11ClFNO4S. The molecule has 116 valence electrons. The predicted molar refractivity (Wildman–Crippen MR) is 80.4 cm³/mol. The number of benzene rings is 2. The molecule has 0 heterocycles. The van der Waals surface area contributed by atoms with Crippen LogP contribution in [0.3, 0.4) is 0 Å². The molecule has 8 heteroatoms. The standard InChI is InChI=1S/C14H11ClFNO4S/c1-17(9-5-3-2-4-6-9)22(20,21)13-7-10(14(18)19)12(16)8-11(13)15/h2-8H,1H3,(H,18,19). The third-order valence-corrected chi connectivity index (χ3v) is 5.26. The van der Waals surface area contributed by atoms with Crippen LogP contribution >= 0.6 is 11.6 Å². The number of nitrogens with zero attached hydrogens (tertiary/aromatic N) is 1. The summed E-state index contributed by atoms with van der Waals surface area (Å²) in [5.74, 6) is -2.67. The Morgan fingerprint density at radius 1 is 1.23 bits per heavy atom. The molecule has 0 spiro atoms. The lowest BCUT2D eigenvalue weighted by Gasteiger charge is -2.20. The van der Waals surface area contributed by atoms with Gasteiger partial charge in [0.1, 0.15) is 10.7 Å². The van der Waals surface area contributed by atoms with Gasteiger partial charge in [-0.3, -0.25) is 4.31 Å². The van der Waals surface area contributed by atoms with E-state index in [-0.39, 0.29) is 5.02 Å². The van der Waals surface area contributed by atoms with Gasteiger partial charge in [0.15, 0.2) is 0 Å². The molecule has 0 aliphatic rings. The summed E-state index contributed by atoms with van der Waals surface area (Å²) >= 11 is 5.78. The molecule has 0 bridgehead atoms. The third kappa shape index (κ3) is 2.90. The summed E-state index contributed by atoms with van der Waals surface area (Å²) in [6, 6.07) is 9.54. The van der Waals surface area contributed by atoms with E-state index in [2.05, 4.69) is 0 Å². The van der Waals surface area contributed by atoms with Gasteiger partial charge in [-0.15, -0.1) is 0 Å². The summed E-state index contributed by atoms with van der Waals surface area (Å²) in [6.45, 7) is 0. The van der Waals surface area contributed by atoms with E-state index < -0.39 is 32.3 Å². The maximum absolute atomic E-state index is 13.5. The van der Waals surface area contributed by atoms with Gasteiger partial charge in [-0.2, -0.15) is 0 Å². The summed E-state index contributed by atoms with van der Waals surface area (Å²) in [4.78, 5) is 10.5. The smallest absolute Gasteiger partial charge is 0.338 e. The second-order valence-electron chi connectivity index (χ2n) is 4.38. The van der Waals surface area contributed by atoms with Crippen molar-refractivity contribution < 1.29 is 22.7 Å². The van der Waals surface area contributed by atoms with Crippen LogP contribution in [0.1, 0.15) is 10.4 Å². The lowest BCUT2D eigenvalue weighted by molar-refractivity contribution is 0.0691. The van der Waals surface area contributed by atoms with Gasteiger partial charge in [-0.1, -0.05) is 29.8 Å². The first kappa shape index (κ1) is 16.3. The predicted octanol–water partition coefficient (Wildman–Crippen LogP) is 3.00. The molecule has 0 amide bonds.